The molecule has 0 aromatic heterocycles. The molecule has 1 amide bonds. The van der Waals surface area contributed by atoms with E-state index in [1.54, 1.807) is 0 Å². The van der Waals surface area contributed by atoms with Crippen LogP contribution in [0.3, 0.4) is 0 Å². The number of rotatable bonds is 5. The first-order valence-electron chi connectivity index (χ1n) is 10.0. The fourth-order valence-corrected chi connectivity index (χ4v) is 4.48. The Morgan fingerprint density at radius 1 is 1.04 bits per heavy atom. The minimum Gasteiger partial charge on any atom is -0.352 e. The van der Waals surface area contributed by atoms with E-state index in [4.69, 9.17) is 5.73 Å². The van der Waals surface area contributed by atoms with Crippen molar-refractivity contribution in [3.8, 4) is 0 Å². The Morgan fingerprint density at radius 3 is 2.35 bits per heavy atom. The molecule has 0 radical (unpaired) electrons. The average molecular weight is 380 g/mol. The fourth-order valence-electron chi connectivity index (χ4n) is 4.48. The molecule has 2 atom stereocenters. The summed E-state index contributed by atoms with van der Waals surface area (Å²) >= 11 is 0. The number of hydrogen-bond donors (Lipinski definition) is 2. The molecule has 2 aliphatic rings. The van der Waals surface area contributed by atoms with Gasteiger partial charge in [0.15, 0.2) is 0 Å². The number of carbonyl (C=O) groups excluding carboxylic acids is 1. The Morgan fingerprint density at radius 2 is 1.69 bits per heavy atom. The van der Waals surface area contributed by atoms with E-state index in [-0.39, 0.29) is 18.3 Å². The zero-order valence-electron chi connectivity index (χ0n) is 15.7. The summed E-state index contributed by atoms with van der Waals surface area (Å²) in [4.78, 5) is 14.8. The summed E-state index contributed by atoms with van der Waals surface area (Å²) < 4.78 is 0. The molecule has 1 aromatic rings. The molecule has 1 heterocycles. The van der Waals surface area contributed by atoms with Crippen molar-refractivity contribution < 1.29 is 4.79 Å². The van der Waals surface area contributed by atoms with Crippen LogP contribution in [0, 0.1) is 5.92 Å². The maximum atomic E-state index is 12.5. The van der Waals surface area contributed by atoms with Crippen LogP contribution in [0.15, 0.2) is 30.3 Å². The van der Waals surface area contributed by atoms with Gasteiger partial charge >= 0.3 is 0 Å². The lowest BCUT2D eigenvalue weighted by atomic mass is 9.89. The molecule has 1 aliphatic heterocycles. The Hall–Kier alpha value is -1.10. The topological polar surface area (TPSA) is 58.4 Å². The SMILES string of the molecule is Cl.NC[C@@H]1CN(CC(=O)NC2CCCCCCC2)C[C@H]1c1ccccc1. The Bertz CT molecular complexity index is 531. The maximum absolute atomic E-state index is 12.5. The minimum atomic E-state index is 0. The highest BCUT2D eigenvalue weighted by molar-refractivity contribution is 5.85. The molecule has 5 heteroatoms. The number of halogens is 1. The molecule has 0 unspecified atom stereocenters. The zero-order chi connectivity index (χ0) is 17.5. The number of amides is 1. The second-order valence-electron chi connectivity index (χ2n) is 7.82. The fraction of sp³-hybridized carbons (Fsp3) is 0.667. The molecule has 0 spiro atoms. The van der Waals surface area contributed by atoms with Gasteiger partial charge in [0.25, 0.3) is 0 Å². The molecule has 1 saturated carbocycles. The molecular formula is C21H34ClN3O. The van der Waals surface area contributed by atoms with Gasteiger partial charge in [-0.2, -0.15) is 0 Å². The van der Waals surface area contributed by atoms with E-state index in [0.717, 1.165) is 25.9 Å². The summed E-state index contributed by atoms with van der Waals surface area (Å²) in [5, 5.41) is 3.29. The van der Waals surface area contributed by atoms with Crippen molar-refractivity contribution in [3.63, 3.8) is 0 Å². The van der Waals surface area contributed by atoms with Crippen LogP contribution in [0.25, 0.3) is 0 Å². The van der Waals surface area contributed by atoms with E-state index in [1.807, 2.05) is 0 Å². The maximum Gasteiger partial charge on any atom is 0.234 e. The third-order valence-electron chi connectivity index (χ3n) is 5.88. The molecule has 2 fully saturated rings. The second kappa shape index (κ2) is 10.9. The summed E-state index contributed by atoms with van der Waals surface area (Å²) in [6.07, 6.45) is 8.77. The Labute approximate surface area is 164 Å². The average Bonchev–Trinajstić information content (AvgIpc) is 3.01. The number of nitrogens with zero attached hydrogens (tertiary/aromatic N) is 1. The summed E-state index contributed by atoms with van der Waals surface area (Å²) in [6.45, 7) is 3.05. The van der Waals surface area contributed by atoms with Crippen molar-refractivity contribution in [2.24, 2.45) is 11.7 Å². The highest BCUT2D eigenvalue weighted by Crippen LogP contribution is 2.31. The minimum absolute atomic E-state index is 0. The van der Waals surface area contributed by atoms with Gasteiger partial charge in [-0.15, -0.1) is 12.4 Å². The molecule has 146 valence electrons. The van der Waals surface area contributed by atoms with Crippen molar-refractivity contribution in [1.29, 1.82) is 0 Å². The van der Waals surface area contributed by atoms with E-state index in [9.17, 15) is 4.79 Å². The first-order valence-corrected chi connectivity index (χ1v) is 10.0. The highest BCUT2D eigenvalue weighted by Gasteiger charge is 2.33. The van der Waals surface area contributed by atoms with Crippen molar-refractivity contribution in [1.82, 2.24) is 10.2 Å². The number of nitrogens with two attached hydrogens (primary N) is 1. The number of carbonyl (C=O) groups is 1. The molecule has 3 rings (SSSR count). The van der Waals surface area contributed by atoms with E-state index in [2.05, 4.69) is 40.5 Å². The standard InChI is InChI=1S/C21H33N3O.ClH/c22-13-18-14-24(15-20(18)17-9-5-4-6-10-17)16-21(25)23-19-11-7-2-1-3-8-12-19;/h4-6,9-10,18-20H,1-3,7-8,11-16,22H2,(H,23,25);1H/t18-,20+;/m1./s1. The summed E-state index contributed by atoms with van der Waals surface area (Å²) in [6, 6.07) is 11.0. The first-order chi connectivity index (χ1) is 12.3. The lowest BCUT2D eigenvalue weighted by Gasteiger charge is -2.23. The smallest absolute Gasteiger partial charge is 0.234 e. The van der Waals surface area contributed by atoms with Gasteiger partial charge in [0.1, 0.15) is 0 Å². The van der Waals surface area contributed by atoms with E-state index in [0.29, 0.717) is 31.0 Å². The van der Waals surface area contributed by atoms with Crippen LogP contribution in [0.1, 0.15) is 56.4 Å². The third kappa shape index (κ3) is 5.97. The van der Waals surface area contributed by atoms with Crippen LogP contribution in [0.5, 0.6) is 0 Å². The lowest BCUT2D eigenvalue weighted by molar-refractivity contribution is -0.122. The van der Waals surface area contributed by atoms with Crippen molar-refractivity contribution >= 4 is 18.3 Å². The number of nitrogens with one attached hydrogen (secondary N) is 1. The highest BCUT2D eigenvalue weighted by atomic mass is 35.5. The summed E-state index contributed by atoms with van der Waals surface area (Å²) in [7, 11) is 0. The Kier molecular flexibility index (Phi) is 8.89. The van der Waals surface area contributed by atoms with E-state index < -0.39 is 0 Å². The molecule has 3 N–H and O–H groups in total. The van der Waals surface area contributed by atoms with E-state index in [1.165, 1.54) is 37.7 Å². The molecule has 4 nitrogen and oxygen atoms in total. The molecule has 1 aromatic carbocycles. The van der Waals surface area contributed by atoms with Crippen LogP contribution < -0.4 is 11.1 Å². The van der Waals surface area contributed by atoms with Gasteiger partial charge < -0.3 is 11.1 Å². The first kappa shape index (κ1) is 21.2. The van der Waals surface area contributed by atoms with Gasteiger partial charge in [0.2, 0.25) is 5.91 Å². The van der Waals surface area contributed by atoms with Crippen LogP contribution >= 0.6 is 12.4 Å². The van der Waals surface area contributed by atoms with Crippen molar-refractivity contribution in [3.05, 3.63) is 35.9 Å². The van der Waals surface area contributed by atoms with Crippen molar-refractivity contribution in [2.75, 3.05) is 26.2 Å². The molecule has 1 saturated heterocycles. The largest absolute Gasteiger partial charge is 0.352 e. The quantitative estimate of drug-likeness (QED) is 0.825. The molecule has 0 bridgehead atoms. The second-order valence-corrected chi connectivity index (χ2v) is 7.82. The van der Waals surface area contributed by atoms with Crippen LogP contribution in [0.2, 0.25) is 0 Å². The van der Waals surface area contributed by atoms with Gasteiger partial charge in [-0.25, -0.2) is 0 Å². The lowest BCUT2D eigenvalue weighted by Crippen LogP contribution is -2.42. The van der Waals surface area contributed by atoms with Crippen molar-refractivity contribution in [2.45, 2.75) is 56.9 Å². The number of hydrogen-bond acceptors (Lipinski definition) is 3. The third-order valence-corrected chi connectivity index (χ3v) is 5.88. The number of benzene rings is 1. The Balaban J connectivity index is 0.00000243. The summed E-state index contributed by atoms with van der Waals surface area (Å²) in [5.41, 5.74) is 7.36. The van der Waals surface area contributed by atoms with Gasteiger partial charge in [-0.05, 0) is 30.9 Å². The van der Waals surface area contributed by atoms with Crippen LogP contribution in [0.4, 0.5) is 0 Å². The van der Waals surface area contributed by atoms with Crippen LogP contribution in [-0.2, 0) is 4.79 Å². The van der Waals surface area contributed by atoms with Gasteiger partial charge in [-0.3, -0.25) is 9.69 Å². The van der Waals surface area contributed by atoms with Gasteiger partial charge in [0, 0.05) is 25.0 Å². The normalized spacial score (nSPS) is 25.1. The predicted molar refractivity (Wildman–Crippen MR) is 110 cm³/mol. The van der Waals surface area contributed by atoms with Gasteiger partial charge in [0.05, 0.1) is 6.54 Å². The number of likely N-dealkylation sites (tertiary alicyclic amines) is 1. The van der Waals surface area contributed by atoms with Crippen LogP contribution in [-0.4, -0.2) is 43.0 Å². The van der Waals surface area contributed by atoms with Gasteiger partial charge in [-0.1, -0.05) is 62.4 Å². The van der Waals surface area contributed by atoms with E-state index >= 15 is 0 Å². The molecular weight excluding hydrogens is 346 g/mol. The molecule has 26 heavy (non-hydrogen) atoms. The monoisotopic (exact) mass is 379 g/mol. The predicted octanol–water partition coefficient (Wildman–Crippen LogP) is 3.31. The molecule has 1 aliphatic carbocycles. The zero-order valence-corrected chi connectivity index (χ0v) is 16.6. The summed E-state index contributed by atoms with van der Waals surface area (Å²) in [5.74, 6) is 1.08.